The van der Waals surface area contributed by atoms with E-state index in [1.165, 1.54) is 0 Å². The molecule has 0 aliphatic carbocycles. The SMILES string of the molecule is Cc1cccc2c1N(CCOc1ccc(Cl)cc1)C(=O)C21OCCCO1. The molecule has 1 amide bonds. The normalized spacial score (nSPS) is 18.2. The van der Waals surface area contributed by atoms with E-state index in [1.54, 1.807) is 17.0 Å². The molecule has 1 saturated heterocycles. The fourth-order valence-electron chi connectivity index (χ4n) is 3.49. The number of ether oxygens (including phenoxy) is 3. The van der Waals surface area contributed by atoms with Crippen molar-refractivity contribution in [3.05, 3.63) is 58.6 Å². The molecular formula is C20H20ClNO4. The molecule has 2 aromatic rings. The van der Waals surface area contributed by atoms with Gasteiger partial charge in [-0.15, -0.1) is 0 Å². The summed E-state index contributed by atoms with van der Waals surface area (Å²) in [6, 6.07) is 13.0. The summed E-state index contributed by atoms with van der Waals surface area (Å²) in [4.78, 5) is 14.9. The molecule has 26 heavy (non-hydrogen) atoms. The molecule has 0 radical (unpaired) electrons. The molecule has 2 heterocycles. The Labute approximate surface area is 157 Å². The summed E-state index contributed by atoms with van der Waals surface area (Å²) in [6.07, 6.45) is 0.788. The summed E-state index contributed by atoms with van der Waals surface area (Å²) >= 11 is 5.89. The number of anilines is 1. The van der Waals surface area contributed by atoms with Gasteiger partial charge >= 0.3 is 0 Å². The number of hydrogen-bond acceptors (Lipinski definition) is 4. The van der Waals surface area contributed by atoms with Gasteiger partial charge in [0.25, 0.3) is 11.7 Å². The lowest BCUT2D eigenvalue weighted by atomic mass is 10.0. The third kappa shape index (κ3) is 2.86. The van der Waals surface area contributed by atoms with E-state index in [9.17, 15) is 4.79 Å². The monoisotopic (exact) mass is 373 g/mol. The number of halogens is 1. The Morgan fingerprint density at radius 3 is 2.62 bits per heavy atom. The van der Waals surface area contributed by atoms with Gasteiger partial charge in [0, 0.05) is 10.6 Å². The van der Waals surface area contributed by atoms with Crippen LogP contribution in [-0.2, 0) is 20.1 Å². The molecule has 0 unspecified atom stereocenters. The third-order valence-electron chi connectivity index (χ3n) is 4.69. The van der Waals surface area contributed by atoms with Crippen molar-refractivity contribution in [2.24, 2.45) is 0 Å². The van der Waals surface area contributed by atoms with E-state index in [4.69, 9.17) is 25.8 Å². The maximum atomic E-state index is 13.2. The fraction of sp³-hybridized carbons (Fsp3) is 0.350. The second kappa shape index (κ2) is 6.91. The largest absolute Gasteiger partial charge is 0.492 e. The van der Waals surface area contributed by atoms with Gasteiger partial charge in [-0.25, -0.2) is 0 Å². The molecule has 0 N–H and O–H groups in total. The lowest BCUT2D eigenvalue weighted by Gasteiger charge is -2.32. The first kappa shape index (κ1) is 17.3. The molecule has 2 aliphatic rings. The van der Waals surface area contributed by atoms with Crippen LogP contribution in [0.4, 0.5) is 5.69 Å². The average molecular weight is 374 g/mol. The third-order valence-corrected chi connectivity index (χ3v) is 4.94. The van der Waals surface area contributed by atoms with Crippen LogP contribution >= 0.6 is 11.6 Å². The molecule has 136 valence electrons. The minimum absolute atomic E-state index is 0.179. The van der Waals surface area contributed by atoms with Crippen LogP contribution in [0.5, 0.6) is 5.75 Å². The van der Waals surface area contributed by atoms with E-state index in [2.05, 4.69) is 0 Å². The van der Waals surface area contributed by atoms with Crippen molar-refractivity contribution in [3.63, 3.8) is 0 Å². The number of benzene rings is 2. The van der Waals surface area contributed by atoms with E-state index < -0.39 is 5.79 Å². The molecule has 6 heteroatoms. The summed E-state index contributed by atoms with van der Waals surface area (Å²) < 4.78 is 17.5. The molecule has 1 spiro atoms. The minimum atomic E-state index is -1.31. The van der Waals surface area contributed by atoms with Crippen molar-refractivity contribution >= 4 is 23.2 Å². The highest BCUT2D eigenvalue weighted by Gasteiger charge is 2.55. The van der Waals surface area contributed by atoms with E-state index >= 15 is 0 Å². The second-order valence-corrected chi connectivity index (χ2v) is 6.83. The van der Waals surface area contributed by atoms with Crippen LogP contribution in [0.15, 0.2) is 42.5 Å². The smallest absolute Gasteiger partial charge is 0.292 e. The van der Waals surface area contributed by atoms with E-state index in [-0.39, 0.29) is 5.91 Å². The van der Waals surface area contributed by atoms with Gasteiger partial charge in [-0.1, -0.05) is 29.8 Å². The maximum absolute atomic E-state index is 13.2. The van der Waals surface area contributed by atoms with Crippen LogP contribution < -0.4 is 9.64 Å². The minimum Gasteiger partial charge on any atom is -0.492 e. The van der Waals surface area contributed by atoms with Crippen LogP contribution in [0.1, 0.15) is 17.5 Å². The Morgan fingerprint density at radius 1 is 1.15 bits per heavy atom. The number of nitrogens with zero attached hydrogens (tertiary/aromatic N) is 1. The zero-order valence-corrected chi connectivity index (χ0v) is 15.3. The number of fused-ring (bicyclic) bond motifs is 2. The summed E-state index contributed by atoms with van der Waals surface area (Å²) in [5.74, 6) is -0.771. The molecule has 5 nitrogen and oxygen atoms in total. The van der Waals surface area contributed by atoms with E-state index in [1.807, 2.05) is 37.3 Å². The van der Waals surface area contributed by atoms with Crippen LogP contribution in [0.3, 0.4) is 0 Å². The van der Waals surface area contributed by atoms with Gasteiger partial charge in [0.05, 0.1) is 25.4 Å². The highest BCUT2D eigenvalue weighted by atomic mass is 35.5. The highest BCUT2D eigenvalue weighted by Crippen LogP contribution is 2.46. The molecule has 0 saturated carbocycles. The lowest BCUT2D eigenvalue weighted by molar-refractivity contribution is -0.256. The van der Waals surface area contributed by atoms with Crippen molar-refractivity contribution < 1.29 is 19.0 Å². The summed E-state index contributed by atoms with van der Waals surface area (Å²) in [5, 5.41) is 0.658. The Hall–Kier alpha value is -2.08. The Kier molecular flexibility index (Phi) is 4.61. The van der Waals surface area contributed by atoms with Crippen LogP contribution in [0.2, 0.25) is 5.02 Å². The number of aryl methyl sites for hydroxylation is 1. The highest BCUT2D eigenvalue weighted by molar-refractivity contribution is 6.30. The molecule has 2 aromatic carbocycles. The Bertz CT molecular complexity index is 815. The average Bonchev–Trinajstić information content (AvgIpc) is 2.88. The molecular weight excluding hydrogens is 354 g/mol. The van der Waals surface area contributed by atoms with Crippen molar-refractivity contribution in [3.8, 4) is 5.75 Å². The lowest BCUT2D eigenvalue weighted by Crippen LogP contribution is -2.48. The van der Waals surface area contributed by atoms with Gasteiger partial charge < -0.3 is 19.1 Å². The van der Waals surface area contributed by atoms with Gasteiger partial charge in [0.15, 0.2) is 0 Å². The Balaban J connectivity index is 1.56. The van der Waals surface area contributed by atoms with Crippen molar-refractivity contribution in [1.29, 1.82) is 0 Å². The number of rotatable bonds is 4. The molecule has 4 rings (SSSR count). The molecule has 0 aromatic heterocycles. The molecule has 0 bridgehead atoms. The molecule has 2 aliphatic heterocycles. The first-order valence-electron chi connectivity index (χ1n) is 8.70. The van der Waals surface area contributed by atoms with E-state index in [0.717, 1.165) is 23.2 Å². The van der Waals surface area contributed by atoms with Crippen LogP contribution in [0.25, 0.3) is 0 Å². The fourth-order valence-corrected chi connectivity index (χ4v) is 3.61. The van der Waals surface area contributed by atoms with Gasteiger partial charge in [0.2, 0.25) is 0 Å². The number of hydrogen-bond donors (Lipinski definition) is 0. The molecule has 0 atom stereocenters. The second-order valence-electron chi connectivity index (χ2n) is 6.40. The van der Waals surface area contributed by atoms with Crippen molar-refractivity contribution in [2.45, 2.75) is 19.1 Å². The topological polar surface area (TPSA) is 48.0 Å². The summed E-state index contributed by atoms with van der Waals surface area (Å²) in [7, 11) is 0. The van der Waals surface area contributed by atoms with Gasteiger partial charge in [-0.05, 0) is 43.2 Å². The quantitative estimate of drug-likeness (QED) is 0.820. The Morgan fingerprint density at radius 2 is 1.88 bits per heavy atom. The predicted molar refractivity (Wildman–Crippen MR) is 98.7 cm³/mol. The summed E-state index contributed by atoms with van der Waals surface area (Å²) in [6.45, 7) is 3.77. The zero-order valence-electron chi connectivity index (χ0n) is 14.5. The van der Waals surface area contributed by atoms with Gasteiger partial charge in [-0.3, -0.25) is 4.79 Å². The first-order valence-corrected chi connectivity index (χ1v) is 9.08. The van der Waals surface area contributed by atoms with Crippen LogP contribution in [0, 0.1) is 6.92 Å². The van der Waals surface area contributed by atoms with Crippen molar-refractivity contribution in [2.75, 3.05) is 31.3 Å². The maximum Gasteiger partial charge on any atom is 0.292 e. The zero-order chi connectivity index (χ0) is 18.1. The van der Waals surface area contributed by atoms with Crippen molar-refractivity contribution in [1.82, 2.24) is 0 Å². The summed E-state index contributed by atoms with van der Waals surface area (Å²) in [5.41, 5.74) is 2.66. The predicted octanol–water partition coefficient (Wildman–Crippen LogP) is 3.66. The first-order chi connectivity index (χ1) is 12.6. The molecule has 1 fully saturated rings. The van der Waals surface area contributed by atoms with Crippen LogP contribution in [-0.4, -0.2) is 32.3 Å². The van der Waals surface area contributed by atoms with Gasteiger partial charge in [0.1, 0.15) is 12.4 Å². The number of para-hydroxylation sites is 1. The van der Waals surface area contributed by atoms with E-state index in [0.29, 0.717) is 37.1 Å². The number of carbonyl (C=O) groups excluding carboxylic acids is 1. The number of amides is 1. The number of carbonyl (C=O) groups is 1. The standard InChI is InChI=1S/C20H20ClNO4/c1-14-4-2-5-17-18(14)22(19(23)20(17)25-11-3-12-26-20)10-13-24-16-8-6-15(21)7-9-16/h2,4-9H,3,10-13H2,1H3. The van der Waals surface area contributed by atoms with Gasteiger partial charge in [-0.2, -0.15) is 0 Å².